The van der Waals surface area contributed by atoms with Crippen LogP contribution in [0.15, 0.2) is 66.7 Å². The second-order valence-electron chi connectivity index (χ2n) is 5.53. The highest BCUT2D eigenvalue weighted by Crippen LogP contribution is 2.25. The van der Waals surface area contributed by atoms with Gasteiger partial charge in [-0.1, -0.05) is 71.8 Å². The highest BCUT2D eigenvalue weighted by molar-refractivity contribution is 7.28. The second-order valence-corrected chi connectivity index (χ2v) is 6.16. The van der Waals surface area contributed by atoms with Crippen LogP contribution >= 0.6 is 9.24 Å². The summed E-state index contributed by atoms with van der Waals surface area (Å²) in [6, 6.07) is 24.0. The molecule has 0 N–H and O–H groups in total. The highest BCUT2D eigenvalue weighted by atomic mass is 31.0. The van der Waals surface area contributed by atoms with Crippen LogP contribution in [0, 0.1) is 13.8 Å². The van der Waals surface area contributed by atoms with Gasteiger partial charge < -0.3 is 0 Å². The largest absolute Gasteiger partial charge is 0.105 e. The summed E-state index contributed by atoms with van der Waals surface area (Å²) in [7, 11) is 2.87. The van der Waals surface area contributed by atoms with E-state index in [-0.39, 0.29) is 0 Å². The van der Waals surface area contributed by atoms with Crippen molar-refractivity contribution in [3.05, 3.63) is 77.9 Å². The van der Waals surface area contributed by atoms with E-state index in [4.69, 9.17) is 0 Å². The van der Waals surface area contributed by atoms with Gasteiger partial charge in [0.15, 0.2) is 0 Å². The molecule has 0 heterocycles. The Morgan fingerprint density at radius 3 is 1.57 bits per heavy atom. The van der Waals surface area contributed by atoms with Crippen LogP contribution in [0.4, 0.5) is 0 Å². The SMILES string of the molecule is Cc1ccc(-c2ccc(-c3ccc(C)cc3)c(P)c2)cc1. The standard InChI is InChI=1S/C20H19P/c1-14-3-7-16(8-4-14)18-11-12-19(20(21)13-18)17-9-5-15(2)6-10-17/h3-13H,21H2,1-2H3. The molecule has 0 saturated heterocycles. The number of rotatable bonds is 2. The van der Waals surface area contributed by atoms with Gasteiger partial charge in [0.05, 0.1) is 0 Å². The maximum atomic E-state index is 2.87. The van der Waals surface area contributed by atoms with Crippen LogP contribution in [0.1, 0.15) is 11.1 Å². The molecule has 1 unspecified atom stereocenters. The Hall–Kier alpha value is -1.91. The molecule has 3 aromatic carbocycles. The van der Waals surface area contributed by atoms with E-state index < -0.39 is 0 Å². The predicted molar refractivity (Wildman–Crippen MR) is 96.1 cm³/mol. The van der Waals surface area contributed by atoms with Crippen LogP contribution in [0.25, 0.3) is 22.3 Å². The van der Waals surface area contributed by atoms with Crippen LogP contribution < -0.4 is 5.30 Å². The van der Waals surface area contributed by atoms with Gasteiger partial charge in [0, 0.05) is 0 Å². The molecule has 3 rings (SSSR count). The molecule has 0 radical (unpaired) electrons. The second kappa shape index (κ2) is 5.84. The summed E-state index contributed by atoms with van der Waals surface area (Å²) in [6.45, 7) is 4.23. The molecule has 0 aliphatic rings. The third-order valence-electron chi connectivity index (χ3n) is 3.80. The van der Waals surface area contributed by atoms with Crippen molar-refractivity contribution in [1.82, 2.24) is 0 Å². The van der Waals surface area contributed by atoms with E-state index in [2.05, 4.69) is 89.8 Å². The Balaban J connectivity index is 1.99. The maximum absolute atomic E-state index is 2.87. The lowest BCUT2D eigenvalue weighted by atomic mass is 9.99. The maximum Gasteiger partial charge on any atom is -0.0112 e. The molecule has 0 nitrogen and oxygen atoms in total. The third-order valence-corrected chi connectivity index (χ3v) is 4.28. The number of hydrogen-bond donors (Lipinski definition) is 0. The third kappa shape index (κ3) is 3.06. The molecule has 0 amide bonds. The summed E-state index contributed by atoms with van der Waals surface area (Å²) < 4.78 is 0. The van der Waals surface area contributed by atoms with E-state index in [1.165, 1.54) is 38.7 Å². The zero-order chi connectivity index (χ0) is 14.8. The molecule has 1 atom stereocenters. The van der Waals surface area contributed by atoms with Crippen molar-refractivity contribution in [2.45, 2.75) is 13.8 Å². The van der Waals surface area contributed by atoms with Crippen molar-refractivity contribution < 1.29 is 0 Å². The first-order valence-electron chi connectivity index (χ1n) is 7.17. The lowest BCUT2D eigenvalue weighted by molar-refractivity contribution is 1.46. The Morgan fingerprint density at radius 2 is 1.05 bits per heavy atom. The highest BCUT2D eigenvalue weighted by Gasteiger charge is 2.04. The minimum Gasteiger partial charge on any atom is -0.105 e. The van der Waals surface area contributed by atoms with Crippen molar-refractivity contribution >= 4 is 14.5 Å². The van der Waals surface area contributed by atoms with Gasteiger partial charge >= 0.3 is 0 Å². The van der Waals surface area contributed by atoms with Crippen LogP contribution in [0.5, 0.6) is 0 Å². The summed E-state index contributed by atoms with van der Waals surface area (Å²) in [6.07, 6.45) is 0. The Bertz CT molecular complexity index is 753. The molecule has 1 heteroatoms. The zero-order valence-corrected chi connectivity index (χ0v) is 13.6. The fourth-order valence-corrected chi connectivity index (χ4v) is 2.93. The average Bonchev–Trinajstić information content (AvgIpc) is 2.49. The predicted octanol–water partition coefficient (Wildman–Crippen LogP) is 5.14. The summed E-state index contributed by atoms with van der Waals surface area (Å²) in [5, 5.41) is 1.23. The van der Waals surface area contributed by atoms with E-state index in [0.717, 1.165) is 0 Å². The first-order chi connectivity index (χ1) is 10.1. The van der Waals surface area contributed by atoms with Crippen LogP contribution in [-0.4, -0.2) is 0 Å². The summed E-state index contributed by atoms with van der Waals surface area (Å²) >= 11 is 0. The fourth-order valence-electron chi connectivity index (χ4n) is 2.48. The molecule has 0 aliphatic heterocycles. The fraction of sp³-hybridized carbons (Fsp3) is 0.100. The molecule has 0 aromatic heterocycles. The van der Waals surface area contributed by atoms with E-state index in [1.807, 2.05) is 0 Å². The van der Waals surface area contributed by atoms with Gasteiger partial charge in [-0.3, -0.25) is 0 Å². The Kier molecular flexibility index (Phi) is 3.90. The van der Waals surface area contributed by atoms with E-state index >= 15 is 0 Å². The number of aryl methyl sites for hydroxylation is 2. The van der Waals surface area contributed by atoms with E-state index in [0.29, 0.717) is 0 Å². The van der Waals surface area contributed by atoms with Gasteiger partial charge in [0.1, 0.15) is 0 Å². The molecule has 0 saturated carbocycles. The molecule has 0 fully saturated rings. The monoisotopic (exact) mass is 290 g/mol. The lowest BCUT2D eigenvalue weighted by Crippen LogP contribution is -1.97. The smallest absolute Gasteiger partial charge is 0.0112 e. The molecule has 0 aliphatic carbocycles. The van der Waals surface area contributed by atoms with Crippen molar-refractivity contribution in [2.24, 2.45) is 0 Å². The normalized spacial score (nSPS) is 10.6. The average molecular weight is 290 g/mol. The van der Waals surface area contributed by atoms with Crippen molar-refractivity contribution in [3.8, 4) is 22.3 Å². The van der Waals surface area contributed by atoms with Crippen molar-refractivity contribution in [1.29, 1.82) is 0 Å². The van der Waals surface area contributed by atoms with Gasteiger partial charge in [0.25, 0.3) is 0 Å². The van der Waals surface area contributed by atoms with Crippen LogP contribution in [0.3, 0.4) is 0 Å². The summed E-state index contributed by atoms with van der Waals surface area (Å²) in [4.78, 5) is 0. The van der Waals surface area contributed by atoms with Gasteiger partial charge in [-0.25, -0.2) is 0 Å². The molecule has 3 aromatic rings. The Labute approximate surface area is 129 Å². The molecular formula is C20H19P. The molecule has 0 bridgehead atoms. The van der Waals surface area contributed by atoms with Gasteiger partial charge in [-0.05, 0) is 47.5 Å². The first kappa shape index (κ1) is 14.0. The Morgan fingerprint density at radius 1 is 0.571 bits per heavy atom. The zero-order valence-electron chi connectivity index (χ0n) is 12.4. The summed E-state index contributed by atoms with van der Waals surface area (Å²) in [5.41, 5.74) is 7.65. The van der Waals surface area contributed by atoms with Crippen molar-refractivity contribution in [3.63, 3.8) is 0 Å². The molecular weight excluding hydrogens is 271 g/mol. The van der Waals surface area contributed by atoms with Gasteiger partial charge in [-0.15, -0.1) is 9.24 Å². The minimum atomic E-state index is 1.23. The molecule has 0 spiro atoms. The van der Waals surface area contributed by atoms with Gasteiger partial charge in [-0.2, -0.15) is 0 Å². The lowest BCUT2D eigenvalue weighted by Gasteiger charge is -2.10. The van der Waals surface area contributed by atoms with E-state index in [9.17, 15) is 0 Å². The topological polar surface area (TPSA) is 0 Å². The summed E-state index contributed by atoms with van der Waals surface area (Å²) in [5.74, 6) is 0. The molecule has 104 valence electrons. The number of hydrogen-bond acceptors (Lipinski definition) is 0. The van der Waals surface area contributed by atoms with Crippen LogP contribution in [0.2, 0.25) is 0 Å². The minimum absolute atomic E-state index is 1.23. The van der Waals surface area contributed by atoms with Gasteiger partial charge in [0.2, 0.25) is 0 Å². The quantitative estimate of drug-likeness (QED) is 0.573. The van der Waals surface area contributed by atoms with Crippen molar-refractivity contribution in [2.75, 3.05) is 0 Å². The van der Waals surface area contributed by atoms with Crippen LogP contribution in [-0.2, 0) is 0 Å². The molecule has 21 heavy (non-hydrogen) atoms. The number of benzene rings is 3. The first-order valence-corrected chi connectivity index (χ1v) is 7.75. The van der Waals surface area contributed by atoms with E-state index in [1.54, 1.807) is 0 Å².